The Hall–Kier alpha value is -1.05. The van der Waals surface area contributed by atoms with Gasteiger partial charge in [-0.25, -0.2) is 4.99 Å². The fourth-order valence-corrected chi connectivity index (χ4v) is 0.701. The van der Waals surface area contributed by atoms with E-state index in [1.165, 1.54) is 0 Å². The summed E-state index contributed by atoms with van der Waals surface area (Å²) < 4.78 is 0. The van der Waals surface area contributed by atoms with Crippen molar-refractivity contribution in [1.82, 2.24) is 5.32 Å². The van der Waals surface area contributed by atoms with Crippen molar-refractivity contribution in [2.24, 2.45) is 4.99 Å². The van der Waals surface area contributed by atoms with Crippen LogP contribution in [0, 0.1) is 0 Å². The molecule has 0 aromatic heterocycles. The summed E-state index contributed by atoms with van der Waals surface area (Å²) in [4.78, 5) is 4.05. The molecule has 2 nitrogen and oxygen atoms in total. The Morgan fingerprint density at radius 2 is 2.22 bits per heavy atom. The number of nitrogens with one attached hydrogen (secondary N) is 1. The summed E-state index contributed by atoms with van der Waals surface area (Å²) in [6.07, 6.45) is 5.68. The quantitative estimate of drug-likeness (QED) is 0.516. The highest BCUT2D eigenvalue weighted by Crippen LogP contribution is 1.93. The summed E-state index contributed by atoms with van der Waals surface area (Å²) >= 11 is 0. The van der Waals surface area contributed by atoms with E-state index in [-0.39, 0.29) is 0 Å². The molecule has 48 valence electrons. The van der Waals surface area contributed by atoms with Crippen molar-refractivity contribution in [3.8, 4) is 0 Å². The van der Waals surface area contributed by atoms with Crippen molar-refractivity contribution in [1.29, 1.82) is 0 Å². The third-order valence-corrected chi connectivity index (χ3v) is 1.08. The largest absolute Gasteiger partial charge is 0.348 e. The van der Waals surface area contributed by atoms with Crippen LogP contribution >= 0.6 is 0 Å². The van der Waals surface area contributed by atoms with Gasteiger partial charge in [-0.15, -0.1) is 0 Å². The van der Waals surface area contributed by atoms with Crippen LogP contribution in [0.25, 0.3) is 0 Å². The van der Waals surface area contributed by atoms with Crippen LogP contribution < -0.4 is 5.32 Å². The number of rotatable bonds is 0. The SMILES string of the molecule is CC1=CC=CN=C(C)N1. The Morgan fingerprint density at radius 3 is 3.00 bits per heavy atom. The van der Waals surface area contributed by atoms with Crippen molar-refractivity contribution < 1.29 is 0 Å². The van der Waals surface area contributed by atoms with E-state index in [2.05, 4.69) is 10.3 Å². The molecule has 0 saturated heterocycles. The zero-order valence-electron chi connectivity index (χ0n) is 5.68. The lowest BCUT2D eigenvalue weighted by molar-refractivity contribution is 1.11. The molecule has 1 N–H and O–H groups in total. The first-order valence-electron chi connectivity index (χ1n) is 2.94. The first-order valence-corrected chi connectivity index (χ1v) is 2.94. The minimum Gasteiger partial charge on any atom is -0.348 e. The average molecular weight is 122 g/mol. The van der Waals surface area contributed by atoms with Gasteiger partial charge in [0.15, 0.2) is 0 Å². The molecule has 1 aliphatic rings. The van der Waals surface area contributed by atoms with Crippen molar-refractivity contribution in [3.63, 3.8) is 0 Å². The topological polar surface area (TPSA) is 24.4 Å². The summed E-state index contributed by atoms with van der Waals surface area (Å²) in [5, 5.41) is 3.09. The van der Waals surface area contributed by atoms with Gasteiger partial charge in [-0.3, -0.25) is 0 Å². The third-order valence-electron chi connectivity index (χ3n) is 1.08. The molecule has 0 bridgehead atoms. The summed E-state index contributed by atoms with van der Waals surface area (Å²) in [7, 11) is 0. The molecule has 1 aliphatic heterocycles. The van der Waals surface area contributed by atoms with Gasteiger partial charge in [-0.05, 0) is 26.0 Å². The van der Waals surface area contributed by atoms with Gasteiger partial charge in [0.2, 0.25) is 0 Å². The minimum atomic E-state index is 0.942. The molecule has 2 heteroatoms. The van der Waals surface area contributed by atoms with E-state index >= 15 is 0 Å². The van der Waals surface area contributed by atoms with Gasteiger partial charge in [0.1, 0.15) is 5.84 Å². The van der Waals surface area contributed by atoms with E-state index in [9.17, 15) is 0 Å². The van der Waals surface area contributed by atoms with E-state index in [0.717, 1.165) is 11.5 Å². The van der Waals surface area contributed by atoms with Crippen molar-refractivity contribution >= 4 is 5.84 Å². The van der Waals surface area contributed by atoms with Crippen LogP contribution in [0.2, 0.25) is 0 Å². The third kappa shape index (κ3) is 1.72. The molecule has 1 rings (SSSR count). The van der Waals surface area contributed by atoms with Gasteiger partial charge in [0, 0.05) is 11.9 Å². The highest BCUT2D eigenvalue weighted by molar-refractivity contribution is 5.82. The highest BCUT2D eigenvalue weighted by Gasteiger charge is 1.90. The van der Waals surface area contributed by atoms with Crippen LogP contribution in [0.1, 0.15) is 13.8 Å². The molecule has 0 saturated carbocycles. The van der Waals surface area contributed by atoms with Crippen molar-refractivity contribution in [2.45, 2.75) is 13.8 Å². The fraction of sp³-hybridized carbons (Fsp3) is 0.286. The Kier molecular flexibility index (Phi) is 1.68. The Bertz CT molecular complexity index is 167. The average Bonchev–Trinajstić information content (AvgIpc) is 1.93. The zero-order chi connectivity index (χ0) is 6.69. The van der Waals surface area contributed by atoms with Gasteiger partial charge < -0.3 is 5.32 Å². The number of hydrogen-bond donors (Lipinski definition) is 1. The molecule has 0 atom stereocenters. The Labute approximate surface area is 55.0 Å². The van der Waals surface area contributed by atoms with Crippen LogP contribution in [0.15, 0.2) is 29.0 Å². The van der Waals surface area contributed by atoms with E-state index in [0.29, 0.717) is 0 Å². The normalized spacial score (nSPS) is 17.6. The maximum atomic E-state index is 4.05. The summed E-state index contributed by atoms with van der Waals surface area (Å²) in [5.74, 6) is 0.942. The van der Waals surface area contributed by atoms with E-state index in [4.69, 9.17) is 0 Å². The molecule has 0 spiro atoms. The maximum Gasteiger partial charge on any atom is 0.102 e. The lowest BCUT2D eigenvalue weighted by Crippen LogP contribution is -2.16. The first-order chi connectivity index (χ1) is 4.29. The van der Waals surface area contributed by atoms with Crippen molar-refractivity contribution in [3.05, 3.63) is 24.0 Å². The highest BCUT2D eigenvalue weighted by atomic mass is 15.0. The van der Waals surface area contributed by atoms with E-state index < -0.39 is 0 Å². The second kappa shape index (κ2) is 2.49. The number of nitrogens with zero attached hydrogens (tertiary/aromatic N) is 1. The minimum absolute atomic E-state index is 0.942. The molecule has 0 fully saturated rings. The van der Waals surface area contributed by atoms with Crippen LogP contribution in [-0.2, 0) is 0 Å². The molecule has 1 heterocycles. The Morgan fingerprint density at radius 1 is 1.44 bits per heavy atom. The van der Waals surface area contributed by atoms with Crippen molar-refractivity contribution in [2.75, 3.05) is 0 Å². The lowest BCUT2D eigenvalue weighted by Gasteiger charge is -2.00. The lowest BCUT2D eigenvalue weighted by atomic mass is 10.4. The predicted octanol–water partition coefficient (Wildman–Crippen LogP) is 1.43. The standard InChI is InChI=1S/C7H10N2/c1-6-4-3-5-8-7(2)9-6/h3-5H,1-2H3,(H,8,9). The second-order valence-electron chi connectivity index (χ2n) is 2.03. The molecule has 9 heavy (non-hydrogen) atoms. The van der Waals surface area contributed by atoms with Gasteiger partial charge in [0.05, 0.1) is 0 Å². The monoisotopic (exact) mass is 122 g/mol. The second-order valence-corrected chi connectivity index (χ2v) is 2.03. The van der Waals surface area contributed by atoms with Gasteiger partial charge >= 0.3 is 0 Å². The number of allylic oxidation sites excluding steroid dienone is 3. The van der Waals surface area contributed by atoms with Gasteiger partial charge in [0.25, 0.3) is 0 Å². The number of amidine groups is 1. The summed E-state index contributed by atoms with van der Waals surface area (Å²) in [6.45, 7) is 3.95. The Balaban J connectivity index is 2.77. The molecule has 0 amide bonds. The van der Waals surface area contributed by atoms with E-state index in [1.807, 2.05) is 26.0 Å². The van der Waals surface area contributed by atoms with Gasteiger partial charge in [-0.1, -0.05) is 0 Å². The van der Waals surface area contributed by atoms with E-state index in [1.54, 1.807) is 6.20 Å². The molecule has 0 radical (unpaired) electrons. The summed E-state index contributed by atoms with van der Waals surface area (Å²) in [5.41, 5.74) is 1.13. The maximum absolute atomic E-state index is 4.05. The molecule has 0 aromatic rings. The molecular formula is C7H10N2. The molecule has 0 unspecified atom stereocenters. The zero-order valence-corrected chi connectivity index (χ0v) is 5.68. The molecule has 0 aromatic carbocycles. The van der Waals surface area contributed by atoms with Crippen LogP contribution in [-0.4, -0.2) is 5.84 Å². The van der Waals surface area contributed by atoms with Crippen LogP contribution in [0.4, 0.5) is 0 Å². The predicted molar refractivity (Wildman–Crippen MR) is 39.1 cm³/mol. The van der Waals surface area contributed by atoms with Crippen LogP contribution in [0.5, 0.6) is 0 Å². The van der Waals surface area contributed by atoms with Gasteiger partial charge in [-0.2, -0.15) is 0 Å². The molecular weight excluding hydrogens is 112 g/mol. The fourth-order valence-electron chi connectivity index (χ4n) is 0.701. The summed E-state index contributed by atoms with van der Waals surface area (Å²) in [6, 6.07) is 0. The first kappa shape index (κ1) is 6.08. The molecule has 0 aliphatic carbocycles. The number of aliphatic imine (C=N–C) groups is 1. The van der Waals surface area contributed by atoms with Crippen LogP contribution in [0.3, 0.4) is 0 Å². The number of hydrogen-bond acceptors (Lipinski definition) is 2. The smallest absolute Gasteiger partial charge is 0.102 e.